The Balaban J connectivity index is 2.93. The van der Waals surface area contributed by atoms with Crippen LogP contribution in [0.15, 0.2) is 24.3 Å². The van der Waals surface area contributed by atoms with Crippen molar-refractivity contribution in [3.05, 3.63) is 29.8 Å². The van der Waals surface area contributed by atoms with E-state index >= 15 is 0 Å². The molecule has 1 amide bonds. The fourth-order valence-corrected chi connectivity index (χ4v) is 1.97. The molecule has 2 N–H and O–H groups in total. The summed E-state index contributed by atoms with van der Waals surface area (Å²) in [7, 11) is 3.60. The number of likely N-dealkylation sites (N-methyl/N-ethyl adjacent to an activating group) is 1. The monoisotopic (exact) mass is 249 g/mol. The van der Waals surface area contributed by atoms with Gasteiger partial charge in [-0.25, -0.2) is 0 Å². The van der Waals surface area contributed by atoms with Crippen LogP contribution in [0.4, 0.5) is 5.69 Å². The minimum absolute atomic E-state index is 0.0442. The van der Waals surface area contributed by atoms with E-state index in [0.29, 0.717) is 6.54 Å². The van der Waals surface area contributed by atoms with Crippen molar-refractivity contribution in [1.29, 1.82) is 0 Å². The molecule has 4 heteroatoms. The molecular weight excluding hydrogens is 226 g/mol. The number of anilines is 1. The molecule has 0 bridgehead atoms. The Hall–Kier alpha value is -1.55. The van der Waals surface area contributed by atoms with Crippen molar-refractivity contribution in [1.82, 2.24) is 10.6 Å². The van der Waals surface area contributed by atoms with Gasteiger partial charge in [-0.3, -0.25) is 4.79 Å². The van der Waals surface area contributed by atoms with Gasteiger partial charge in [0, 0.05) is 25.8 Å². The third kappa shape index (κ3) is 4.04. The van der Waals surface area contributed by atoms with E-state index in [1.807, 2.05) is 19.2 Å². The van der Waals surface area contributed by atoms with Crippen LogP contribution in [0.2, 0.25) is 0 Å². The van der Waals surface area contributed by atoms with Crippen molar-refractivity contribution in [2.75, 3.05) is 32.1 Å². The summed E-state index contributed by atoms with van der Waals surface area (Å²) in [5.74, 6) is 0.0442. The number of amides is 1. The standard InChI is InChI=1S/C14H23N3O/c1-4-9-17(11-14(18)16-3)13-8-6-5-7-12(13)10-15-2/h5-8,15H,4,9-11H2,1-3H3,(H,16,18). The highest BCUT2D eigenvalue weighted by atomic mass is 16.1. The van der Waals surface area contributed by atoms with Crippen molar-refractivity contribution in [3.63, 3.8) is 0 Å². The Morgan fingerprint density at radius 2 is 2.00 bits per heavy atom. The summed E-state index contributed by atoms with van der Waals surface area (Å²) in [4.78, 5) is 13.7. The Morgan fingerprint density at radius 1 is 1.28 bits per heavy atom. The summed E-state index contributed by atoms with van der Waals surface area (Å²) in [5, 5.41) is 5.84. The number of nitrogens with one attached hydrogen (secondary N) is 2. The summed E-state index contributed by atoms with van der Waals surface area (Å²) in [5.41, 5.74) is 2.36. The predicted octanol–water partition coefficient (Wildman–Crippen LogP) is 1.37. The van der Waals surface area contributed by atoms with Gasteiger partial charge < -0.3 is 15.5 Å². The van der Waals surface area contributed by atoms with E-state index in [2.05, 4.69) is 34.6 Å². The highest BCUT2D eigenvalue weighted by Crippen LogP contribution is 2.20. The SMILES string of the molecule is CCCN(CC(=O)NC)c1ccccc1CNC. The number of rotatable bonds is 7. The molecule has 0 unspecified atom stereocenters. The van der Waals surface area contributed by atoms with Crippen LogP contribution in [0.3, 0.4) is 0 Å². The molecule has 100 valence electrons. The van der Waals surface area contributed by atoms with Gasteiger partial charge in [0.15, 0.2) is 0 Å². The zero-order chi connectivity index (χ0) is 13.4. The van der Waals surface area contributed by atoms with Crippen LogP contribution in [0, 0.1) is 0 Å². The molecule has 1 aromatic carbocycles. The second-order valence-electron chi connectivity index (χ2n) is 4.25. The second kappa shape index (κ2) is 7.71. The van der Waals surface area contributed by atoms with E-state index in [1.165, 1.54) is 5.56 Å². The zero-order valence-electron chi connectivity index (χ0n) is 11.5. The van der Waals surface area contributed by atoms with Crippen molar-refractivity contribution < 1.29 is 4.79 Å². The lowest BCUT2D eigenvalue weighted by Gasteiger charge is -2.26. The topological polar surface area (TPSA) is 44.4 Å². The number of nitrogens with zero attached hydrogens (tertiary/aromatic N) is 1. The maximum Gasteiger partial charge on any atom is 0.239 e. The van der Waals surface area contributed by atoms with Gasteiger partial charge in [-0.05, 0) is 25.1 Å². The van der Waals surface area contributed by atoms with E-state index in [4.69, 9.17) is 0 Å². The summed E-state index contributed by atoms with van der Waals surface area (Å²) in [6.07, 6.45) is 1.02. The first kappa shape index (κ1) is 14.5. The molecular formula is C14H23N3O. The number of hydrogen-bond acceptors (Lipinski definition) is 3. The second-order valence-corrected chi connectivity index (χ2v) is 4.25. The molecule has 0 heterocycles. The molecule has 1 rings (SSSR count). The minimum Gasteiger partial charge on any atom is -0.362 e. The molecule has 4 nitrogen and oxygen atoms in total. The van der Waals surface area contributed by atoms with Crippen molar-refractivity contribution in [2.45, 2.75) is 19.9 Å². The highest BCUT2D eigenvalue weighted by Gasteiger charge is 2.12. The van der Waals surface area contributed by atoms with Crippen molar-refractivity contribution in [2.24, 2.45) is 0 Å². The maximum atomic E-state index is 11.6. The van der Waals surface area contributed by atoms with Crippen LogP contribution < -0.4 is 15.5 Å². The smallest absolute Gasteiger partial charge is 0.239 e. The summed E-state index contributed by atoms with van der Waals surface area (Å²) < 4.78 is 0. The number of para-hydroxylation sites is 1. The molecule has 0 saturated carbocycles. The first-order valence-electron chi connectivity index (χ1n) is 6.41. The lowest BCUT2D eigenvalue weighted by atomic mass is 10.1. The van der Waals surface area contributed by atoms with Gasteiger partial charge in [0.05, 0.1) is 6.54 Å². The van der Waals surface area contributed by atoms with Crippen LogP contribution in [0.1, 0.15) is 18.9 Å². The fourth-order valence-electron chi connectivity index (χ4n) is 1.97. The van der Waals surface area contributed by atoms with Crippen LogP contribution in [-0.2, 0) is 11.3 Å². The zero-order valence-corrected chi connectivity index (χ0v) is 11.5. The van der Waals surface area contributed by atoms with Gasteiger partial charge in [0.2, 0.25) is 5.91 Å². The molecule has 1 aromatic rings. The molecule has 0 aliphatic carbocycles. The average molecular weight is 249 g/mol. The molecule has 0 spiro atoms. The minimum atomic E-state index is 0.0442. The van der Waals surface area contributed by atoms with Gasteiger partial charge in [-0.1, -0.05) is 25.1 Å². The molecule has 0 saturated heterocycles. The van der Waals surface area contributed by atoms with E-state index < -0.39 is 0 Å². The number of carbonyl (C=O) groups excluding carboxylic acids is 1. The lowest BCUT2D eigenvalue weighted by Crippen LogP contribution is -2.36. The largest absolute Gasteiger partial charge is 0.362 e. The Labute approximate surface area is 109 Å². The third-order valence-corrected chi connectivity index (χ3v) is 2.81. The average Bonchev–Trinajstić information content (AvgIpc) is 2.39. The third-order valence-electron chi connectivity index (χ3n) is 2.81. The number of hydrogen-bond donors (Lipinski definition) is 2. The van der Waals surface area contributed by atoms with Gasteiger partial charge in [-0.2, -0.15) is 0 Å². The summed E-state index contributed by atoms with van der Waals surface area (Å²) in [6.45, 7) is 4.22. The van der Waals surface area contributed by atoms with E-state index in [-0.39, 0.29) is 5.91 Å². The van der Waals surface area contributed by atoms with E-state index in [9.17, 15) is 4.79 Å². The van der Waals surface area contributed by atoms with Gasteiger partial charge in [0.25, 0.3) is 0 Å². The van der Waals surface area contributed by atoms with Gasteiger partial charge in [-0.15, -0.1) is 0 Å². The Bertz CT molecular complexity index is 379. The number of benzene rings is 1. The molecule has 18 heavy (non-hydrogen) atoms. The normalized spacial score (nSPS) is 10.2. The highest BCUT2D eigenvalue weighted by molar-refractivity contribution is 5.81. The van der Waals surface area contributed by atoms with Crippen LogP contribution in [0.5, 0.6) is 0 Å². The van der Waals surface area contributed by atoms with E-state index in [0.717, 1.165) is 25.2 Å². The Kier molecular flexibility index (Phi) is 6.22. The predicted molar refractivity (Wildman–Crippen MR) is 75.8 cm³/mol. The summed E-state index contributed by atoms with van der Waals surface area (Å²) >= 11 is 0. The molecule has 0 radical (unpaired) electrons. The molecule has 0 aliphatic rings. The quantitative estimate of drug-likeness (QED) is 0.767. The van der Waals surface area contributed by atoms with Crippen LogP contribution >= 0.6 is 0 Å². The number of carbonyl (C=O) groups is 1. The Morgan fingerprint density at radius 3 is 2.61 bits per heavy atom. The van der Waals surface area contributed by atoms with Crippen molar-refractivity contribution >= 4 is 11.6 Å². The van der Waals surface area contributed by atoms with Crippen LogP contribution in [0.25, 0.3) is 0 Å². The van der Waals surface area contributed by atoms with E-state index in [1.54, 1.807) is 7.05 Å². The van der Waals surface area contributed by atoms with Crippen LogP contribution in [-0.4, -0.2) is 33.1 Å². The molecule has 0 fully saturated rings. The lowest BCUT2D eigenvalue weighted by molar-refractivity contribution is -0.119. The first-order chi connectivity index (χ1) is 8.72. The van der Waals surface area contributed by atoms with Crippen molar-refractivity contribution in [3.8, 4) is 0 Å². The maximum absolute atomic E-state index is 11.6. The van der Waals surface area contributed by atoms with Gasteiger partial charge >= 0.3 is 0 Å². The van der Waals surface area contributed by atoms with Gasteiger partial charge in [0.1, 0.15) is 0 Å². The first-order valence-corrected chi connectivity index (χ1v) is 6.41. The molecule has 0 aliphatic heterocycles. The molecule has 0 atom stereocenters. The summed E-state index contributed by atoms with van der Waals surface area (Å²) in [6, 6.07) is 8.21. The molecule has 0 aromatic heterocycles. The fraction of sp³-hybridized carbons (Fsp3) is 0.500.